The molecule has 1 aliphatic rings. The number of rotatable bonds is 5. The van der Waals surface area contributed by atoms with Crippen LogP contribution in [0.25, 0.3) is 16.9 Å². The van der Waals surface area contributed by atoms with E-state index in [9.17, 15) is 4.79 Å². The van der Waals surface area contributed by atoms with Gasteiger partial charge in [-0.25, -0.2) is 4.68 Å². The van der Waals surface area contributed by atoms with Gasteiger partial charge in [0.25, 0.3) is 0 Å². The maximum Gasteiger partial charge on any atom is 0.227 e. The highest BCUT2D eigenvalue weighted by atomic mass is 16.5. The van der Waals surface area contributed by atoms with Gasteiger partial charge in [0.2, 0.25) is 5.91 Å². The molecule has 0 bridgehead atoms. The summed E-state index contributed by atoms with van der Waals surface area (Å²) in [5.41, 5.74) is 4.93. The van der Waals surface area contributed by atoms with Crippen molar-refractivity contribution in [3.8, 4) is 22.7 Å². The van der Waals surface area contributed by atoms with Crippen LogP contribution in [0.2, 0.25) is 0 Å². The van der Waals surface area contributed by atoms with Crippen molar-refractivity contribution in [3.63, 3.8) is 0 Å². The summed E-state index contributed by atoms with van der Waals surface area (Å²) < 4.78 is 7.65. The van der Waals surface area contributed by atoms with E-state index in [4.69, 9.17) is 9.84 Å². The summed E-state index contributed by atoms with van der Waals surface area (Å²) in [6, 6.07) is 27.9. The molecule has 0 radical (unpaired) electrons. The molecule has 1 unspecified atom stereocenters. The number of hydrogen-bond donors (Lipinski definition) is 1. The number of carbonyl (C=O) groups excluding carboxylic acids is 1. The van der Waals surface area contributed by atoms with Gasteiger partial charge in [-0.1, -0.05) is 66.7 Å². The van der Waals surface area contributed by atoms with Gasteiger partial charge in [0.1, 0.15) is 12.4 Å². The molecule has 4 aromatic rings. The molecule has 1 aliphatic heterocycles. The van der Waals surface area contributed by atoms with Crippen molar-refractivity contribution in [1.29, 1.82) is 0 Å². The van der Waals surface area contributed by atoms with Gasteiger partial charge in [-0.2, -0.15) is 5.10 Å². The molecule has 0 saturated heterocycles. The molecule has 2 heterocycles. The van der Waals surface area contributed by atoms with Crippen molar-refractivity contribution in [3.05, 3.63) is 102 Å². The number of aromatic nitrogens is 2. The lowest BCUT2D eigenvalue weighted by Crippen LogP contribution is -2.37. The highest BCUT2D eigenvalue weighted by Crippen LogP contribution is 2.27. The Morgan fingerprint density at radius 1 is 0.968 bits per heavy atom. The molecule has 1 amide bonds. The molecule has 0 aliphatic carbocycles. The van der Waals surface area contributed by atoms with Crippen molar-refractivity contribution in [2.24, 2.45) is 5.92 Å². The second-order valence-electron chi connectivity index (χ2n) is 7.69. The minimum absolute atomic E-state index is 0.000904. The Hall–Kier alpha value is -3.86. The third kappa shape index (κ3) is 4.08. The highest BCUT2D eigenvalue weighted by molar-refractivity contribution is 5.80. The number of nitrogens with one attached hydrogen (secondary N) is 1. The molecule has 1 atom stereocenters. The number of nitrogens with zero attached hydrogens (tertiary/aromatic N) is 2. The first-order valence-electron chi connectivity index (χ1n) is 10.5. The van der Waals surface area contributed by atoms with Crippen molar-refractivity contribution >= 4 is 5.91 Å². The first-order chi connectivity index (χ1) is 15.3. The maximum absolute atomic E-state index is 12.9. The Kier molecular flexibility index (Phi) is 5.23. The van der Waals surface area contributed by atoms with E-state index >= 15 is 0 Å². The summed E-state index contributed by atoms with van der Waals surface area (Å²) in [5.74, 6) is 0.683. The van der Waals surface area contributed by atoms with Gasteiger partial charge >= 0.3 is 0 Å². The van der Waals surface area contributed by atoms with Crippen LogP contribution in [-0.2, 0) is 17.8 Å². The first kappa shape index (κ1) is 19.1. The summed E-state index contributed by atoms with van der Waals surface area (Å²) in [4.78, 5) is 12.9. The molecule has 5 heteroatoms. The fourth-order valence-electron chi connectivity index (χ4n) is 3.91. The SMILES string of the molecule is O=C(NCc1cn(-c2ccccc2)nc1-c1ccccc1)C1COc2ccccc2C1. The summed E-state index contributed by atoms with van der Waals surface area (Å²) >= 11 is 0. The van der Waals surface area contributed by atoms with Crippen LogP contribution in [0.4, 0.5) is 0 Å². The van der Waals surface area contributed by atoms with Crippen LogP contribution in [0.15, 0.2) is 91.1 Å². The number of para-hydroxylation sites is 2. The molecule has 1 N–H and O–H groups in total. The van der Waals surface area contributed by atoms with Crippen molar-refractivity contribution in [2.75, 3.05) is 6.61 Å². The van der Waals surface area contributed by atoms with Crippen LogP contribution in [0, 0.1) is 5.92 Å². The maximum atomic E-state index is 12.9. The monoisotopic (exact) mass is 409 g/mol. The summed E-state index contributed by atoms with van der Waals surface area (Å²) in [6.45, 7) is 0.811. The standard InChI is InChI=1S/C26H23N3O2/c30-26(21-15-20-11-7-8-14-24(20)31-18-21)27-16-22-17-29(23-12-5-2-6-13-23)28-25(22)19-9-3-1-4-10-19/h1-14,17,21H,15-16,18H2,(H,27,30). The Bertz CT molecular complexity index is 1190. The lowest BCUT2D eigenvalue weighted by Gasteiger charge is -2.24. The van der Waals surface area contributed by atoms with Crippen LogP contribution >= 0.6 is 0 Å². The van der Waals surface area contributed by atoms with E-state index < -0.39 is 0 Å². The van der Waals surface area contributed by atoms with Crippen LogP contribution in [0.5, 0.6) is 5.75 Å². The topological polar surface area (TPSA) is 56.2 Å². The van der Waals surface area contributed by atoms with E-state index in [-0.39, 0.29) is 11.8 Å². The molecule has 0 saturated carbocycles. The quantitative estimate of drug-likeness (QED) is 0.531. The molecule has 5 nitrogen and oxygen atoms in total. The van der Waals surface area contributed by atoms with E-state index in [0.29, 0.717) is 19.6 Å². The zero-order valence-electron chi connectivity index (χ0n) is 17.1. The van der Waals surface area contributed by atoms with E-state index in [1.807, 2.05) is 95.8 Å². The lowest BCUT2D eigenvalue weighted by atomic mass is 9.96. The molecule has 1 aromatic heterocycles. The number of carbonyl (C=O) groups is 1. The smallest absolute Gasteiger partial charge is 0.227 e. The van der Waals surface area contributed by atoms with Gasteiger partial charge < -0.3 is 10.1 Å². The van der Waals surface area contributed by atoms with Crippen LogP contribution < -0.4 is 10.1 Å². The molecular weight excluding hydrogens is 386 g/mol. The fourth-order valence-corrected chi connectivity index (χ4v) is 3.91. The lowest BCUT2D eigenvalue weighted by molar-refractivity contribution is -0.126. The van der Waals surface area contributed by atoms with Crippen LogP contribution in [-0.4, -0.2) is 22.3 Å². The van der Waals surface area contributed by atoms with Crippen molar-refractivity contribution in [2.45, 2.75) is 13.0 Å². The van der Waals surface area contributed by atoms with Crippen LogP contribution in [0.1, 0.15) is 11.1 Å². The molecule has 154 valence electrons. The number of ether oxygens (including phenoxy) is 1. The van der Waals surface area contributed by atoms with Crippen LogP contribution in [0.3, 0.4) is 0 Å². The fraction of sp³-hybridized carbons (Fsp3) is 0.154. The molecule has 0 fully saturated rings. The Morgan fingerprint density at radius 3 is 2.48 bits per heavy atom. The normalized spacial score (nSPS) is 15.0. The summed E-state index contributed by atoms with van der Waals surface area (Å²) in [5, 5.41) is 7.91. The zero-order valence-corrected chi connectivity index (χ0v) is 17.1. The van der Waals surface area contributed by atoms with Gasteiger partial charge in [-0.3, -0.25) is 4.79 Å². The summed E-state index contributed by atoms with van der Waals surface area (Å²) in [6.07, 6.45) is 2.68. The summed E-state index contributed by atoms with van der Waals surface area (Å²) in [7, 11) is 0. The molecule has 0 spiro atoms. The molecule has 31 heavy (non-hydrogen) atoms. The second-order valence-corrected chi connectivity index (χ2v) is 7.69. The van der Waals surface area contributed by atoms with Crippen molar-refractivity contribution in [1.82, 2.24) is 15.1 Å². The zero-order chi connectivity index (χ0) is 21.0. The Balaban J connectivity index is 1.36. The first-order valence-corrected chi connectivity index (χ1v) is 10.5. The third-order valence-corrected chi connectivity index (χ3v) is 5.56. The van der Waals surface area contributed by atoms with Gasteiger partial charge in [-0.15, -0.1) is 0 Å². The van der Waals surface area contributed by atoms with Gasteiger partial charge in [0.05, 0.1) is 17.3 Å². The Morgan fingerprint density at radius 2 is 1.68 bits per heavy atom. The van der Waals surface area contributed by atoms with E-state index in [2.05, 4.69) is 5.32 Å². The average molecular weight is 409 g/mol. The second kappa shape index (κ2) is 8.48. The highest BCUT2D eigenvalue weighted by Gasteiger charge is 2.26. The van der Waals surface area contributed by atoms with Gasteiger partial charge in [0.15, 0.2) is 0 Å². The number of amides is 1. The average Bonchev–Trinajstić information content (AvgIpc) is 3.28. The minimum Gasteiger partial charge on any atom is -0.492 e. The minimum atomic E-state index is -0.195. The predicted octanol–water partition coefficient (Wildman–Crippen LogP) is 4.41. The van der Waals surface area contributed by atoms with Crippen molar-refractivity contribution < 1.29 is 9.53 Å². The van der Waals surface area contributed by atoms with E-state index in [1.54, 1.807) is 0 Å². The molecule has 5 rings (SSSR count). The molecular formula is C26H23N3O2. The number of benzene rings is 3. The van der Waals surface area contributed by atoms with Gasteiger partial charge in [-0.05, 0) is 30.2 Å². The van der Waals surface area contributed by atoms with E-state index in [0.717, 1.165) is 33.8 Å². The number of fused-ring (bicyclic) bond motifs is 1. The Labute approximate surface area is 181 Å². The molecule has 3 aromatic carbocycles. The predicted molar refractivity (Wildman–Crippen MR) is 120 cm³/mol. The number of hydrogen-bond acceptors (Lipinski definition) is 3. The van der Waals surface area contributed by atoms with Gasteiger partial charge in [0, 0.05) is 23.9 Å². The van der Waals surface area contributed by atoms with E-state index in [1.165, 1.54) is 0 Å². The largest absolute Gasteiger partial charge is 0.492 e. The third-order valence-electron chi connectivity index (χ3n) is 5.56.